The quantitative estimate of drug-likeness (QED) is 0.210. The lowest BCUT2D eigenvalue weighted by Crippen LogP contribution is -2.17. The fourth-order valence-corrected chi connectivity index (χ4v) is 3.36. The number of carbonyl (C=O) groups is 1. The van der Waals surface area contributed by atoms with Crippen LogP contribution in [0.3, 0.4) is 0 Å². The van der Waals surface area contributed by atoms with Crippen LogP contribution in [0.2, 0.25) is 10.2 Å². The zero-order valence-corrected chi connectivity index (χ0v) is 18.7. The van der Waals surface area contributed by atoms with Gasteiger partial charge >= 0.3 is 0 Å². The number of hydrazone groups is 1. The number of fused-ring (bicyclic) bond motifs is 1. The Morgan fingerprint density at radius 1 is 1.03 bits per heavy atom. The molecule has 0 radical (unpaired) electrons. The number of aryl methyl sites for hydroxylation is 1. The van der Waals surface area contributed by atoms with Gasteiger partial charge < -0.3 is 4.74 Å². The molecule has 0 aliphatic carbocycles. The van der Waals surface area contributed by atoms with Gasteiger partial charge in [0.25, 0.3) is 5.91 Å². The van der Waals surface area contributed by atoms with Gasteiger partial charge in [0.05, 0.1) is 11.7 Å². The highest BCUT2D eigenvalue weighted by Crippen LogP contribution is 2.20. The third kappa shape index (κ3) is 5.44. The molecule has 7 heteroatoms. The molecule has 32 heavy (non-hydrogen) atoms. The Morgan fingerprint density at radius 2 is 1.78 bits per heavy atom. The predicted molar refractivity (Wildman–Crippen MR) is 129 cm³/mol. The first-order valence-electron chi connectivity index (χ1n) is 9.85. The average molecular weight is 464 g/mol. The van der Waals surface area contributed by atoms with Crippen LogP contribution in [0.15, 0.2) is 77.9 Å². The molecule has 0 aliphatic rings. The summed E-state index contributed by atoms with van der Waals surface area (Å²) in [4.78, 5) is 16.8. The first-order chi connectivity index (χ1) is 15.5. The molecule has 0 aliphatic heterocycles. The van der Waals surface area contributed by atoms with E-state index in [4.69, 9.17) is 27.9 Å². The summed E-state index contributed by atoms with van der Waals surface area (Å²) < 4.78 is 5.74. The minimum Gasteiger partial charge on any atom is -0.489 e. The normalized spacial score (nSPS) is 11.1. The highest BCUT2D eigenvalue weighted by Gasteiger charge is 2.06. The van der Waals surface area contributed by atoms with Gasteiger partial charge in [0, 0.05) is 21.5 Å². The molecule has 0 fully saturated rings. The average Bonchev–Trinajstić information content (AvgIpc) is 2.79. The SMILES string of the molecule is Cc1ccc2cc(/C=N/NC(=O)c3ccc(OCc4ccc(Cl)cc4)cc3)c(Cl)nc2c1. The summed E-state index contributed by atoms with van der Waals surface area (Å²) in [5.41, 5.74) is 6.51. The number of pyridine rings is 1. The van der Waals surface area contributed by atoms with Gasteiger partial charge in [0.1, 0.15) is 17.5 Å². The number of aromatic nitrogens is 1. The van der Waals surface area contributed by atoms with E-state index in [-0.39, 0.29) is 5.91 Å². The lowest BCUT2D eigenvalue weighted by molar-refractivity contribution is 0.0955. The third-order valence-corrected chi connectivity index (χ3v) is 5.31. The number of nitrogens with zero attached hydrogens (tertiary/aromatic N) is 2. The van der Waals surface area contributed by atoms with E-state index < -0.39 is 0 Å². The minimum atomic E-state index is -0.342. The van der Waals surface area contributed by atoms with Crippen LogP contribution >= 0.6 is 23.2 Å². The molecule has 0 atom stereocenters. The third-order valence-electron chi connectivity index (χ3n) is 4.76. The number of ether oxygens (including phenoxy) is 1. The van der Waals surface area contributed by atoms with Crippen LogP contribution in [0.1, 0.15) is 27.0 Å². The van der Waals surface area contributed by atoms with Crippen molar-refractivity contribution in [2.75, 3.05) is 0 Å². The van der Waals surface area contributed by atoms with E-state index in [9.17, 15) is 4.79 Å². The molecule has 0 unspecified atom stereocenters. The van der Waals surface area contributed by atoms with Crippen molar-refractivity contribution >= 4 is 46.2 Å². The number of hydrogen-bond donors (Lipinski definition) is 1. The maximum absolute atomic E-state index is 12.4. The molecule has 5 nitrogen and oxygen atoms in total. The van der Waals surface area contributed by atoms with Gasteiger partial charge in [-0.05, 0) is 66.6 Å². The lowest BCUT2D eigenvalue weighted by Gasteiger charge is -2.07. The largest absolute Gasteiger partial charge is 0.489 e. The summed E-state index contributed by atoms with van der Waals surface area (Å²) in [5.74, 6) is 0.315. The van der Waals surface area contributed by atoms with Gasteiger partial charge in [-0.1, -0.05) is 47.5 Å². The van der Waals surface area contributed by atoms with Crippen molar-refractivity contribution in [2.45, 2.75) is 13.5 Å². The van der Waals surface area contributed by atoms with Crippen LogP contribution in [0.5, 0.6) is 5.75 Å². The van der Waals surface area contributed by atoms with Gasteiger partial charge in [-0.2, -0.15) is 5.10 Å². The van der Waals surface area contributed by atoms with Crippen LogP contribution in [-0.2, 0) is 6.61 Å². The summed E-state index contributed by atoms with van der Waals surface area (Å²) in [7, 11) is 0. The molecule has 1 heterocycles. The molecular weight excluding hydrogens is 445 g/mol. The van der Waals surface area contributed by atoms with E-state index in [0.29, 0.717) is 33.7 Å². The Morgan fingerprint density at radius 3 is 2.53 bits per heavy atom. The molecule has 4 rings (SSSR count). The van der Waals surface area contributed by atoms with E-state index in [1.165, 1.54) is 6.21 Å². The fourth-order valence-electron chi connectivity index (χ4n) is 3.04. The highest BCUT2D eigenvalue weighted by atomic mass is 35.5. The molecule has 160 valence electrons. The molecule has 3 aromatic carbocycles. The molecule has 4 aromatic rings. The van der Waals surface area contributed by atoms with Crippen LogP contribution in [-0.4, -0.2) is 17.1 Å². The van der Waals surface area contributed by atoms with Crippen LogP contribution < -0.4 is 10.2 Å². The zero-order chi connectivity index (χ0) is 22.5. The summed E-state index contributed by atoms with van der Waals surface area (Å²) >= 11 is 12.1. The van der Waals surface area contributed by atoms with Crippen molar-refractivity contribution in [3.63, 3.8) is 0 Å². The molecule has 0 spiro atoms. The second-order valence-electron chi connectivity index (χ2n) is 7.20. The van der Waals surface area contributed by atoms with E-state index in [1.54, 1.807) is 24.3 Å². The molecule has 0 saturated carbocycles. The number of amides is 1. The number of carbonyl (C=O) groups excluding carboxylic acids is 1. The van der Waals surface area contributed by atoms with Crippen molar-refractivity contribution in [1.29, 1.82) is 0 Å². The summed E-state index contributed by atoms with van der Waals surface area (Å²) in [5, 5.41) is 5.97. The van der Waals surface area contributed by atoms with E-state index in [2.05, 4.69) is 15.5 Å². The van der Waals surface area contributed by atoms with Gasteiger partial charge in [-0.15, -0.1) is 0 Å². The van der Waals surface area contributed by atoms with Gasteiger partial charge in [-0.25, -0.2) is 10.4 Å². The van der Waals surface area contributed by atoms with Crippen LogP contribution in [0.4, 0.5) is 0 Å². The first-order valence-corrected chi connectivity index (χ1v) is 10.6. The number of halogens is 2. The Balaban J connectivity index is 1.36. The summed E-state index contributed by atoms with van der Waals surface area (Å²) in [6, 6.07) is 22.1. The smallest absolute Gasteiger partial charge is 0.271 e. The van der Waals surface area contributed by atoms with E-state index >= 15 is 0 Å². The number of nitrogens with one attached hydrogen (secondary N) is 1. The zero-order valence-electron chi connectivity index (χ0n) is 17.2. The first kappa shape index (κ1) is 21.8. The number of hydrogen-bond acceptors (Lipinski definition) is 4. The monoisotopic (exact) mass is 463 g/mol. The van der Waals surface area contributed by atoms with Crippen molar-refractivity contribution in [2.24, 2.45) is 5.10 Å². The standard InChI is InChI=1S/C25H19Cl2N3O2/c1-16-2-5-19-13-20(24(27)29-23(19)12-16)14-28-30-25(31)18-6-10-22(11-7-18)32-15-17-3-8-21(26)9-4-17/h2-14H,15H2,1H3,(H,30,31)/b28-14+. The van der Waals surface area contributed by atoms with E-state index in [0.717, 1.165) is 22.0 Å². The Kier molecular flexibility index (Phi) is 6.69. The number of rotatable bonds is 6. The molecule has 1 amide bonds. The maximum atomic E-state index is 12.4. The Hall–Kier alpha value is -3.41. The lowest BCUT2D eigenvalue weighted by atomic mass is 10.1. The highest BCUT2D eigenvalue weighted by molar-refractivity contribution is 6.32. The molecular formula is C25H19Cl2N3O2. The molecule has 1 N–H and O–H groups in total. The van der Waals surface area contributed by atoms with Crippen LogP contribution in [0, 0.1) is 6.92 Å². The molecule has 0 bridgehead atoms. The second-order valence-corrected chi connectivity index (χ2v) is 8.00. The summed E-state index contributed by atoms with van der Waals surface area (Å²) in [6.45, 7) is 2.41. The Bertz CT molecular complexity index is 1290. The molecule has 0 saturated heterocycles. The van der Waals surface area contributed by atoms with Gasteiger partial charge in [-0.3, -0.25) is 4.79 Å². The maximum Gasteiger partial charge on any atom is 0.271 e. The van der Waals surface area contributed by atoms with E-state index in [1.807, 2.05) is 55.5 Å². The fraction of sp³-hybridized carbons (Fsp3) is 0.0800. The molecule has 1 aromatic heterocycles. The van der Waals surface area contributed by atoms with Crippen LogP contribution in [0.25, 0.3) is 10.9 Å². The topological polar surface area (TPSA) is 63.6 Å². The Labute approximate surface area is 195 Å². The predicted octanol–water partition coefficient (Wildman–Crippen LogP) is 6.19. The van der Waals surface area contributed by atoms with Crippen molar-refractivity contribution in [3.8, 4) is 5.75 Å². The summed E-state index contributed by atoms with van der Waals surface area (Å²) in [6.07, 6.45) is 1.48. The minimum absolute atomic E-state index is 0.322. The number of benzene rings is 3. The van der Waals surface area contributed by atoms with Gasteiger partial charge in [0.2, 0.25) is 0 Å². The van der Waals surface area contributed by atoms with Crippen molar-refractivity contribution in [1.82, 2.24) is 10.4 Å². The second kappa shape index (κ2) is 9.81. The van der Waals surface area contributed by atoms with Crippen molar-refractivity contribution in [3.05, 3.63) is 105 Å². The van der Waals surface area contributed by atoms with Crippen molar-refractivity contribution < 1.29 is 9.53 Å². The van der Waals surface area contributed by atoms with Gasteiger partial charge in [0.15, 0.2) is 0 Å².